The highest BCUT2D eigenvalue weighted by molar-refractivity contribution is 5.96. The third-order valence-corrected chi connectivity index (χ3v) is 5.14. The summed E-state index contributed by atoms with van der Waals surface area (Å²) in [6, 6.07) is 7.37. The number of aromatic nitrogens is 1. The molecule has 2 amide bonds. The zero-order valence-corrected chi connectivity index (χ0v) is 18.1. The first kappa shape index (κ1) is 22.8. The van der Waals surface area contributed by atoms with Crippen molar-refractivity contribution in [3.05, 3.63) is 59.9 Å². The predicted octanol–water partition coefficient (Wildman–Crippen LogP) is 1.68. The highest BCUT2D eigenvalue weighted by Gasteiger charge is 2.40. The van der Waals surface area contributed by atoms with Crippen LogP contribution in [0.15, 0.2) is 48.8 Å². The summed E-state index contributed by atoms with van der Waals surface area (Å²) in [5.74, 6) is -0.103. The van der Waals surface area contributed by atoms with Crippen LogP contribution in [0.3, 0.4) is 0 Å². The molecule has 2 unspecified atom stereocenters. The minimum atomic E-state index is -0.790. The Morgan fingerprint density at radius 2 is 1.91 bits per heavy atom. The first-order valence-corrected chi connectivity index (χ1v) is 9.96. The number of esters is 1. The third-order valence-electron chi connectivity index (χ3n) is 5.14. The maximum absolute atomic E-state index is 12.9. The van der Waals surface area contributed by atoms with E-state index in [0.717, 1.165) is 5.56 Å². The van der Waals surface area contributed by atoms with Gasteiger partial charge in [-0.25, -0.2) is 4.79 Å². The molecule has 0 bridgehead atoms. The molecule has 1 aliphatic heterocycles. The van der Waals surface area contributed by atoms with Crippen molar-refractivity contribution in [3.8, 4) is 11.5 Å². The van der Waals surface area contributed by atoms with Crippen LogP contribution in [-0.2, 0) is 14.3 Å². The second kappa shape index (κ2) is 10.4. The van der Waals surface area contributed by atoms with Gasteiger partial charge in [0.25, 0.3) is 5.91 Å². The summed E-state index contributed by atoms with van der Waals surface area (Å²) in [7, 11) is 4.34. The molecule has 1 saturated heterocycles. The Hall–Kier alpha value is -3.88. The Balaban J connectivity index is 1.72. The van der Waals surface area contributed by atoms with E-state index >= 15 is 0 Å². The van der Waals surface area contributed by atoms with Crippen LogP contribution < -0.4 is 14.8 Å². The van der Waals surface area contributed by atoms with E-state index in [1.165, 1.54) is 31.4 Å². The van der Waals surface area contributed by atoms with Crippen LogP contribution in [0.2, 0.25) is 0 Å². The Morgan fingerprint density at radius 3 is 2.56 bits per heavy atom. The van der Waals surface area contributed by atoms with Crippen LogP contribution >= 0.6 is 0 Å². The first-order valence-electron chi connectivity index (χ1n) is 9.96. The molecule has 2 aromatic rings. The maximum Gasteiger partial charge on any atom is 0.328 e. The van der Waals surface area contributed by atoms with E-state index < -0.39 is 18.1 Å². The lowest BCUT2D eigenvalue weighted by Gasteiger charge is -2.20. The lowest BCUT2D eigenvalue weighted by molar-refractivity contribution is -0.149. The Kier molecular flexibility index (Phi) is 7.43. The predicted molar refractivity (Wildman–Crippen MR) is 116 cm³/mol. The number of amides is 2. The van der Waals surface area contributed by atoms with Crippen LogP contribution in [0.5, 0.6) is 11.5 Å². The van der Waals surface area contributed by atoms with E-state index in [2.05, 4.69) is 10.3 Å². The van der Waals surface area contributed by atoms with Gasteiger partial charge in [0.1, 0.15) is 6.04 Å². The molecule has 2 atom stereocenters. The normalized spacial score (nSPS) is 17.8. The van der Waals surface area contributed by atoms with Gasteiger partial charge in [-0.05, 0) is 35.9 Å². The standard InChI is InChI=1S/C23H25N3O6/c1-30-19-8-6-15(11-20(19)31-2)7-9-21(27)26-14-17(12-18(26)23(29)32-3)25-22(28)16-5-4-10-24-13-16/h4-11,13,17-18H,12,14H2,1-3H3,(H,25,28)/b9-7+. The molecule has 0 saturated carbocycles. The fourth-order valence-electron chi connectivity index (χ4n) is 3.53. The van der Waals surface area contributed by atoms with Crippen LogP contribution in [-0.4, -0.2) is 67.6 Å². The lowest BCUT2D eigenvalue weighted by atomic mass is 10.1. The van der Waals surface area contributed by atoms with E-state index in [1.807, 2.05) is 0 Å². The molecule has 1 aromatic heterocycles. The van der Waals surface area contributed by atoms with Crippen molar-refractivity contribution in [1.82, 2.24) is 15.2 Å². The van der Waals surface area contributed by atoms with E-state index in [1.54, 1.807) is 49.7 Å². The molecule has 0 aliphatic carbocycles. The van der Waals surface area contributed by atoms with Crippen molar-refractivity contribution in [2.75, 3.05) is 27.9 Å². The van der Waals surface area contributed by atoms with Gasteiger partial charge in [-0.2, -0.15) is 0 Å². The third kappa shape index (κ3) is 5.23. The molecule has 1 aliphatic rings. The average Bonchev–Trinajstić information content (AvgIpc) is 3.26. The van der Waals surface area contributed by atoms with Gasteiger partial charge in [-0.3, -0.25) is 14.6 Å². The molecule has 0 radical (unpaired) electrons. The summed E-state index contributed by atoms with van der Waals surface area (Å²) in [5, 5.41) is 2.86. The minimum Gasteiger partial charge on any atom is -0.493 e. The van der Waals surface area contributed by atoms with Gasteiger partial charge in [0.05, 0.1) is 26.9 Å². The lowest BCUT2D eigenvalue weighted by Crippen LogP contribution is -2.41. The largest absolute Gasteiger partial charge is 0.493 e. The molecule has 3 rings (SSSR count). The van der Waals surface area contributed by atoms with Crippen molar-refractivity contribution in [3.63, 3.8) is 0 Å². The Morgan fingerprint density at radius 1 is 1.12 bits per heavy atom. The van der Waals surface area contributed by atoms with Gasteiger partial charge in [0.15, 0.2) is 11.5 Å². The highest BCUT2D eigenvalue weighted by Crippen LogP contribution is 2.28. The summed E-state index contributed by atoms with van der Waals surface area (Å²) in [6.07, 6.45) is 6.29. The summed E-state index contributed by atoms with van der Waals surface area (Å²) in [6.45, 7) is 0.181. The van der Waals surface area contributed by atoms with E-state index in [-0.39, 0.29) is 24.8 Å². The second-order valence-electron chi connectivity index (χ2n) is 7.13. The first-order chi connectivity index (χ1) is 15.5. The summed E-state index contributed by atoms with van der Waals surface area (Å²) in [5.41, 5.74) is 1.13. The maximum atomic E-state index is 12.9. The van der Waals surface area contributed by atoms with Crippen molar-refractivity contribution in [1.29, 1.82) is 0 Å². The fourth-order valence-corrected chi connectivity index (χ4v) is 3.53. The van der Waals surface area contributed by atoms with Crippen LogP contribution in [0.4, 0.5) is 0 Å². The molecule has 2 heterocycles. The fraction of sp³-hybridized carbons (Fsp3) is 0.304. The van der Waals surface area contributed by atoms with Crippen molar-refractivity contribution < 1.29 is 28.6 Å². The average molecular weight is 439 g/mol. The number of rotatable bonds is 7. The summed E-state index contributed by atoms with van der Waals surface area (Å²) >= 11 is 0. The molecule has 9 nitrogen and oxygen atoms in total. The topological polar surface area (TPSA) is 107 Å². The van der Waals surface area contributed by atoms with E-state index in [9.17, 15) is 14.4 Å². The zero-order valence-electron chi connectivity index (χ0n) is 18.1. The number of hydrogen-bond acceptors (Lipinski definition) is 7. The van der Waals surface area contributed by atoms with Crippen molar-refractivity contribution in [2.24, 2.45) is 0 Å². The Labute approximate surface area is 186 Å². The zero-order chi connectivity index (χ0) is 23.1. The molecule has 1 aromatic carbocycles. The van der Waals surface area contributed by atoms with Gasteiger partial charge in [0, 0.05) is 37.5 Å². The SMILES string of the molecule is COC(=O)C1CC(NC(=O)c2cccnc2)CN1C(=O)/C=C/c1ccc(OC)c(OC)c1. The number of hydrogen-bond donors (Lipinski definition) is 1. The second-order valence-corrected chi connectivity index (χ2v) is 7.13. The number of methoxy groups -OCH3 is 3. The molecule has 0 spiro atoms. The number of likely N-dealkylation sites (tertiary alicyclic amines) is 1. The van der Waals surface area contributed by atoms with Gasteiger partial charge in [-0.15, -0.1) is 0 Å². The highest BCUT2D eigenvalue weighted by atomic mass is 16.5. The molecular formula is C23H25N3O6. The van der Waals surface area contributed by atoms with E-state index in [0.29, 0.717) is 17.1 Å². The van der Waals surface area contributed by atoms with Gasteiger partial charge in [0.2, 0.25) is 5.91 Å². The number of nitrogens with one attached hydrogen (secondary N) is 1. The molecule has 1 N–H and O–H groups in total. The number of carbonyl (C=O) groups excluding carboxylic acids is 3. The number of pyridine rings is 1. The number of nitrogens with zero attached hydrogens (tertiary/aromatic N) is 2. The van der Waals surface area contributed by atoms with Crippen LogP contribution in [0, 0.1) is 0 Å². The smallest absolute Gasteiger partial charge is 0.328 e. The van der Waals surface area contributed by atoms with Crippen molar-refractivity contribution in [2.45, 2.75) is 18.5 Å². The van der Waals surface area contributed by atoms with Gasteiger partial charge in [-0.1, -0.05) is 6.07 Å². The molecular weight excluding hydrogens is 414 g/mol. The quantitative estimate of drug-likeness (QED) is 0.517. The minimum absolute atomic E-state index is 0.181. The van der Waals surface area contributed by atoms with Gasteiger partial charge >= 0.3 is 5.97 Å². The number of benzene rings is 1. The van der Waals surface area contributed by atoms with Gasteiger partial charge < -0.3 is 24.4 Å². The van der Waals surface area contributed by atoms with Crippen LogP contribution in [0.25, 0.3) is 6.08 Å². The summed E-state index contributed by atoms with van der Waals surface area (Å²) < 4.78 is 15.3. The van der Waals surface area contributed by atoms with Crippen LogP contribution in [0.1, 0.15) is 22.3 Å². The molecule has 1 fully saturated rings. The van der Waals surface area contributed by atoms with Crippen molar-refractivity contribution >= 4 is 23.9 Å². The monoisotopic (exact) mass is 439 g/mol. The summed E-state index contributed by atoms with van der Waals surface area (Å²) in [4.78, 5) is 42.9. The number of ether oxygens (including phenoxy) is 3. The Bertz CT molecular complexity index is 1010. The number of carbonyl (C=O) groups is 3. The molecule has 32 heavy (non-hydrogen) atoms. The van der Waals surface area contributed by atoms with E-state index in [4.69, 9.17) is 14.2 Å². The molecule has 168 valence electrons. The molecule has 9 heteroatoms.